The number of anilines is 2. The number of fused-ring (bicyclic) bond motifs is 1. The topological polar surface area (TPSA) is 90.7 Å². The molecular weight excluding hydrogens is 442 g/mol. The van der Waals surface area contributed by atoms with Gasteiger partial charge in [-0.1, -0.05) is 23.9 Å². The molecule has 0 unspecified atom stereocenters. The molecule has 0 aliphatic carbocycles. The molecular formula is C23H25N5O4S. The molecule has 1 aromatic heterocycles. The summed E-state index contributed by atoms with van der Waals surface area (Å²) in [7, 11) is 0. The molecule has 33 heavy (non-hydrogen) atoms. The van der Waals surface area contributed by atoms with Gasteiger partial charge in [-0.05, 0) is 36.8 Å². The van der Waals surface area contributed by atoms with Crippen LogP contribution in [-0.2, 0) is 9.53 Å². The Labute approximate surface area is 196 Å². The molecule has 0 spiro atoms. The summed E-state index contributed by atoms with van der Waals surface area (Å²) in [6.07, 6.45) is 0.340. The maximum Gasteiger partial charge on any atom is 0.232 e. The molecule has 0 bridgehead atoms. The highest BCUT2D eigenvalue weighted by Gasteiger charge is 2.22. The molecule has 5 rings (SSSR count). The van der Waals surface area contributed by atoms with Crippen LogP contribution in [0.15, 0.2) is 47.6 Å². The molecule has 2 aliphatic rings. The number of thioether (sulfide) groups is 1. The van der Waals surface area contributed by atoms with Gasteiger partial charge in [0.25, 0.3) is 0 Å². The van der Waals surface area contributed by atoms with Crippen molar-refractivity contribution in [2.75, 3.05) is 49.1 Å². The number of hydrogen-bond acceptors (Lipinski definition) is 8. The van der Waals surface area contributed by atoms with Crippen molar-refractivity contribution < 1.29 is 19.0 Å². The molecule has 0 radical (unpaired) electrons. The van der Waals surface area contributed by atoms with Gasteiger partial charge in [0.15, 0.2) is 16.7 Å². The summed E-state index contributed by atoms with van der Waals surface area (Å²) in [5.74, 6) is 2.63. The molecule has 0 atom stereocenters. The van der Waals surface area contributed by atoms with E-state index in [4.69, 9.17) is 14.2 Å². The first-order chi connectivity index (χ1) is 16.2. The number of aromatic nitrogens is 3. The number of nitrogens with one attached hydrogen (secondary N) is 1. The SMILES string of the molecule is Cc1cccc(-n2c(SCCC(=O)Nc3ccc4c(c3)OCO4)nnc2N2CCOCC2)c1. The van der Waals surface area contributed by atoms with Gasteiger partial charge in [-0.15, -0.1) is 10.2 Å². The molecule has 1 fully saturated rings. The first-order valence-electron chi connectivity index (χ1n) is 10.8. The molecule has 2 aromatic carbocycles. The van der Waals surface area contributed by atoms with Gasteiger partial charge < -0.3 is 24.4 Å². The van der Waals surface area contributed by atoms with E-state index >= 15 is 0 Å². The van der Waals surface area contributed by atoms with Crippen molar-refractivity contribution in [2.45, 2.75) is 18.5 Å². The zero-order valence-electron chi connectivity index (χ0n) is 18.3. The van der Waals surface area contributed by atoms with Crippen LogP contribution in [0.1, 0.15) is 12.0 Å². The van der Waals surface area contributed by atoms with Crippen molar-refractivity contribution in [1.82, 2.24) is 14.8 Å². The van der Waals surface area contributed by atoms with Crippen LogP contribution in [0.25, 0.3) is 5.69 Å². The third-order valence-electron chi connectivity index (χ3n) is 5.39. The molecule has 1 saturated heterocycles. The smallest absolute Gasteiger partial charge is 0.232 e. The summed E-state index contributed by atoms with van der Waals surface area (Å²) in [6, 6.07) is 13.6. The Morgan fingerprint density at radius 3 is 2.79 bits per heavy atom. The largest absolute Gasteiger partial charge is 0.454 e. The Kier molecular flexibility index (Phi) is 6.36. The minimum Gasteiger partial charge on any atom is -0.454 e. The third kappa shape index (κ3) is 4.91. The van der Waals surface area contributed by atoms with Gasteiger partial charge >= 0.3 is 0 Å². The number of amides is 1. The molecule has 3 aromatic rings. The summed E-state index contributed by atoms with van der Waals surface area (Å²) < 4.78 is 18.2. The average Bonchev–Trinajstić information content (AvgIpc) is 3.46. The van der Waals surface area contributed by atoms with Crippen LogP contribution >= 0.6 is 11.8 Å². The Balaban J connectivity index is 1.27. The lowest BCUT2D eigenvalue weighted by Gasteiger charge is -2.28. The highest BCUT2D eigenvalue weighted by atomic mass is 32.2. The van der Waals surface area contributed by atoms with Gasteiger partial charge in [-0.3, -0.25) is 9.36 Å². The number of aryl methyl sites for hydroxylation is 1. The fraction of sp³-hybridized carbons (Fsp3) is 0.348. The van der Waals surface area contributed by atoms with Gasteiger partial charge in [-0.2, -0.15) is 0 Å². The summed E-state index contributed by atoms with van der Waals surface area (Å²) in [6.45, 7) is 5.15. The Morgan fingerprint density at radius 2 is 1.94 bits per heavy atom. The predicted molar refractivity (Wildman–Crippen MR) is 126 cm³/mol. The first kappa shape index (κ1) is 21.6. The highest BCUT2D eigenvalue weighted by Crippen LogP contribution is 2.34. The molecule has 3 heterocycles. The van der Waals surface area contributed by atoms with Crippen LogP contribution in [0, 0.1) is 6.92 Å². The number of hydrogen-bond donors (Lipinski definition) is 1. The standard InChI is InChI=1S/C23H25N5O4S/c1-16-3-2-4-18(13-16)28-22(27-8-10-30-11-9-27)25-26-23(28)33-12-7-21(29)24-17-5-6-19-20(14-17)32-15-31-19/h2-6,13-14H,7-12,15H2,1H3,(H,24,29). The van der Waals surface area contributed by atoms with Gasteiger partial charge in [0.1, 0.15) is 0 Å². The fourth-order valence-electron chi connectivity index (χ4n) is 3.75. The van der Waals surface area contributed by atoms with Crippen LogP contribution in [0.5, 0.6) is 11.5 Å². The quantitative estimate of drug-likeness (QED) is 0.530. The normalized spacial score (nSPS) is 15.0. The van der Waals surface area contributed by atoms with E-state index in [1.165, 1.54) is 11.8 Å². The Bertz CT molecular complexity index is 1150. The van der Waals surface area contributed by atoms with Crippen LogP contribution in [0.4, 0.5) is 11.6 Å². The maximum absolute atomic E-state index is 12.5. The van der Waals surface area contributed by atoms with Gasteiger partial charge in [0.05, 0.1) is 18.9 Å². The second-order valence-corrected chi connectivity index (χ2v) is 8.83. The van der Waals surface area contributed by atoms with Crippen LogP contribution in [-0.4, -0.2) is 59.5 Å². The van der Waals surface area contributed by atoms with Gasteiger partial charge in [0.2, 0.25) is 18.6 Å². The van der Waals surface area contributed by atoms with E-state index in [0.29, 0.717) is 42.6 Å². The van der Waals surface area contributed by atoms with Crippen LogP contribution in [0.2, 0.25) is 0 Å². The van der Waals surface area contributed by atoms with E-state index in [9.17, 15) is 4.79 Å². The molecule has 2 aliphatic heterocycles. The van der Waals surface area contributed by atoms with E-state index in [-0.39, 0.29) is 12.7 Å². The zero-order valence-corrected chi connectivity index (χ0v) is 19.1. The molecule has 1 N–H and O–H groups in total. The van der Waals surface area contributed by atoms with Crippen molar-refractivity contribution in [3.05, 3.63) is 48.0 Å². The maximum atomic E-state index is 12.5. The van der Waals surface area contributed by atoms with Crippen molar-refractivity contribution in [2.24, 2.45) is 0 Å². The summed E-state index contributed by atoms with van der Waals surface area (Å²) in [5.41, 5.74) is 2.86. The molecule has 172 valence electrons. The summed E-state index contributed by atoms with van der Waals surface area (Å²) >= 11 is 1.52. The number of benzene rings is 2. The number of carbonyl (C=O) groups is 1. The minimum absolute atomic E-state index is 0.0728. The van der Waals surface area contributed by atoms with Gasteiger partial charge in [0, 0.05) is 37.0 Å². The van der Waals surface area contributed by atoms with Crippen molar-refractivity contribution in [3.63, 3.8) is 0 Å². The average molecular weight is 468 g/mol. The van der Waals surface area contributed by atoms with E-state index in [0.717, 1.165) is 35.4 Å². The van der Waals surface area contributed by atoms with E-state index in [1.807, 2.05) is 12.1 Å². The van der Waals surface area contributed by atoms with Crippen LogP contribution in [0.3, 0.4) is 0 Å². The van der Waals surface area contributed by atoms with Crippen molar-refractivity contribution in [1.29, 1.82) is 0 Å². The van der Waals surface area contributed by atoms with E-state index in [2.05, 4.69) is 50.1 Å². The van der Waals surface area contributed by atoms with Gasteiger partial charge in [-0.25, -0.2) is 0 Å². The third-order valence-corrected chi connectivity index (χ3v) is 6.32. The second-order valence-electron chi connectivity index (χ2n) is 7.77. The highest BCUT2D eigenvalue weighted by molar-refractivity contribution is 7.99. The van der Waals surface area contributed by atoms with E-state index < -0.39 is 0 Å². The molecule has 9 nitrogen and oxygen atoms in total. The lowest BCUT2D eigenvalue weighted by molar-refractivity contribution is -0.115. The Morgan fingerprint density at radius 1 is 1.09 bits per heavy atom. The summed E-state index contributed by atoms with van der Waals surface area (Å²) in [4.78, 5) is 14.7. The van der Waals surface area contributed by atoms with Crippen molar-refractivity contribution in [3.8, 4) is 17.2 Å². The zero-order chi connectivity index (χ0) is 22.6. The summed E-state index contributed by atoms with van der Waals surface area (Å²) in [5, 5.41) is 12.6. The number of carbonyl (C=O) groups excluding carboxylic acids is 1. The van der Waals surface area contributed by atoms with Crippen LogP contribution < -0.4 is 19.7 Å². The predicted octanol–water partition coefficient (Wildman–Crippen LogP) is 3.26. The number of ether oxygens (including phenoxy) is 3. The van der Waals surface area contributed by atoms with E-state index in [1.54, 1.807) is 12.1 Å². The van der Waals surface area contributed by atoms with Crippen molar-refractivity contribution >= 4 is 29.3 Å². The molecule has 0 saturated carbocycles. The fourth-order valence-corrected chi connectivity index (χ4v) is 4.63. The number of rotatable bonds is 7. The lowest BCUT2D eigenvalue weighted by atomic mass is 10.2. The number of morpholine rings is 1. The molecule has 1 amide bonds. The number of nitrogens with zero attached hydrogens (tertiary/aromatic N) is 4. The molecule has 10 heteroatoms. The second kappa shape index (κ2) is 9.72. The lowest BCUT2D eigenvalue weighted by Crippen LogP contribution is -2.37. The Hall–Kier alpha value is -3.24. The minimum atomic E-state index is -0.0728. The first-order valence-corrected chi connectivity index (χ1v) is 11.8. The monoisotopic (exact) mass is 467 g/mol.